The van der Waals surface area contributed by atoms with Gasteiger partial charge in [-0.25, -0.2) is 9.80 Å². The molecule has 1 atom stereocenters. The van der Waals surface area contributed by atoms with E-state index >= 15 is 0 Å². The number of hydrogen-bond donors (Lipinski definition) is 1. The number of halogens is 4. The van der Waals surface area contributed by atoms with E-state index in [0.717, 1.165) is 17.1 Å². The molecule has 0 saturated carbocycles. The van der Waals surface area contributed by atoms with Gasteiger partial charge in [-0.1, -0.05) is 54.1 Å². The van der Waals surface area contributed by atoms with E-state index in [4.69, 9.17) is 11.6 Å². The van der Waals surface area contributed by atoms with Crippen LogP contribution in [0.15, 0.2) is 84.0 Å². The Morgan fingerprint density at radius 1 is 1.00 bits per heavy atom. The van der Waals surface area contributed by atoms with Gasteiger partial charge in [0.15, 0.2) is 0 Å². The average molecular weight is 502 g/mol. The molecule has 180 valence electrons. The molecular weight excluding hydrogens is 483 g/mol. The van der Waals surface area contributed by atoms with Crippen molar-refractivity contribution in [3.05, 3.63) is 95.0 Å². The summed E-state index contributed by atoms with van der Waals surface area (Å²) in [5.41, 5.74) is 0.684. The van der Waals surface area contributed by atoms with Crippen molar-refractivity contribution in [1.82, 2.24) is 5.01 Å². The SMILES string of the molecule is CC(=O)C1(c2ccccc2)CN(C(=O)Nc2ccc(OC(F)(F)F)cc2)N=C1c1ccc(Cl)cc1. The molecule has 6 nitrogen and oxygen atoms in total. The number of nitrogens with zero attached hydrogens (tertiary/aromatic N) is 2. The number of alkyl halides is 3. The molecule has 1 aliphatic heterocycles. The van der Waals surface area contributed by atoms with Crippen LogP contribution in [0.4, 0.5) is 23.7 Å². The smallest absolute Gasteiger partial charge is 0.406 e. The summed E-state index contributed by atoms with van der Waals surface area (Å²) in [6.45, 7) is 1.38. The predicted molar refractivity (Wildman–Crippen MR) is 126 cm³/mol. The van der Waals surface area contributed by atoms with E-state index in [9.17, 15) is 22.8 Å². The molecule has 35 heavy (non-hydrogen) atoms. The van der Waals surface area contributed by atoms with Gasteiger partial charge in [0.25, 0.3) is 0 Å². The van der Waals surface area contributed by atoms with Gasteiger partial charge < -0.3 is 10.1 Å². The van der Waals surface area contributed by atoms with E-state index in [-0.39, 0.29) is 18.0 Å². The van der Waals surface area contributed by atoms with Crippen LogP contribution >= 0.6 is 11.6 Å². The van der Waals surface area contributed by atoms with Crippen LogP contribution in [-0.4, -0.2) is 35.4 Å². The summed E-state index contributed by atoms with van der Waals surface area (Å²) in [4.78, 5) is 26.2. The van der Waals surface area contributed by atoms with Crippen molar-refractivity contribution in [2.75, 3.05) is 11.9 Å². The first-order chi connectivity index (χ1) is 16.6. The van der Waals surface area contributed by atoms with Crippen molar-refractivity contribution in [1.29, 1.82) is 0 Å². The standard InChI is InChI=1S/C25H19ClF3N3O3/c1-16(33)24(18-5-3-2-4-6-18)15-32(31-22(24)17-7-9-19(26)10-8-17)23(34)30-20-11-13-21(14-12-20)35-25(27,28)29/h2-14H,15H2,1H3,(H,30,34). The van der Waals surface area contributed by atoms with Gasteiger partial charge in [0.05, 0.1) is 12.3 Å². The van der Waals surface area contributed by atoms with Crippen molar-refractivity contribution in [2.24, 2.45) is 5.10 Å². The molecule has 0 spiro atoms. The molecule has 3 aromatic carbocycles. The Morgan fingerprint density at radius 3 is 2.20 bits per heavy atom. The highest BCUT2D eigenvalue weighted by Gasteiger charge is 2.50. The normalized spacial score (nSPS) is 17.6. The Bertz CT molecular complexity index is 1260. The summed E-state index contributed by atoms with van der Waals surface area (Å²) in [6.07, 6.45) is -4.82. The zero-order chi connectivity index (χ0) is 25.2. The Hall–Kier alpha value is -3.85. The zero-order valence-electron chi connectivity index (χ0n) is 18.3. The lowest BCUT2D eigenvalue weighted by atomic mass is 9.71. The quantitative estimate of drug-likeness (QED) is 0.465. The molecule has 1 unspecified atom stereocenters. The topological polar surface area (TPSA) is 71.0 Å². The number of hydrogen-bond acceptors (Lipinski definition) is 4. The van der Waals surface area contributed by atoms with Gasteiger partial charge >= 0.3 is 12.4 Å². The van der Waals surface area contributed by atoms with Crippen molar-refractivity contribution >= 4 is 34.8 Å². The molecule has 4 rings (SSSR count). The highest BCUT2D eigenvalue weighted by atomic mass is 35.5. The number of nitrogens with one attached hydrogen (secondary N) is 1. The van der Waals surface area contributed by atoms with Gasteiger partial charge in [-0.15, -0.1) is 13.2 Å². The van der Waals surface area contributed by atoms with E-state index in [1.165, 1.54) is 19.1 Å². The molecule has 1 N–H and O–H groups in total. The minimum atomic E-state index is -4.82. The molecule has 3 aromatic rings. The van der Waals surface area contributed by atoms with Crippen molar-refractivity contribution < 1.29 is 27.5 Å². The number of hydrazone groups is 1. The van der Waals surface area contributed by atoms with E-state index in [1.807, 2.05) is 6.07 Å². The van der Waals surface area contributed by atoms with E-state index < -0.39 is 23.6 Å². The Kier molecular flexibility index (Phi) is 6.53. The van der Waals surface area contributed by atoms with Gasteiger partial charge in [0, 0.05) is 10.7 Å². The Morgan fingerprint density at radius 2 is 1.63 bits per heavy atom. The molecule has 0 radical (unpaired) electrons. The van der Waals surface area contributed by atoms with Crippen LogP contribution in [0.5, 0.6) is 5.75 Å². The van der Waals surface area contributed by atoms with Crippen LogP contribution in [-0.2, 0) is 10.2 Å². The van der Waals surface area contributed by atoms with Crippen molar-refractivity contribution in [2.45, 2.75) is 18.7 Å². The molecular formula is C25H19ClF3N3O3. The predicted octanol–water partition coefficient (Wildman–Crippen LogP) is 6.02. The molecule has 0 aliphatic carbocycles. The second-order valence-electron chi connectivity index (χ2n) is 7.84. The lowest BCUT2D eigenvalue weighted by Gasteiger charge is -2.29. The number of Topliss-reactive ketones (excluding diaryl/α,β-unsaturated/α-hetero) is 1. The fourth-order valence-electron chi connectivity index (χ4n) is 3.93. The maximum atomic E-state index is 13.1. The van der Waals surface area contributed by atoms with Crippen LogP contribution < -0.4 is 10.1 Å². The molecule has 1 aliphatic rings. The number of ether oxygens (including phenoxy) is 1. The second-order valence-corrected chi connectivity index (χ2v) is 8.28. The maximum absolute atomic E-state index is 13.1. The summed E-state index contributed by atoms with van der Waals surface area (Å²) >= 11 is 6.03. The first-order valence-electron chi connectivity index (χ1n) is 10.4. The molecule has 10 heteroatoms. The Balaban J connectivity index is 1.66. The number of carbonyl (C=O) groups is 2. The third-order valence-electron chi connectivity index (χ3n) is 5.57. The maximum Gasteiger partial charge on any atom is 0.573 e. The Labute approximate surface area is 204 Å². The van der Waals surface area contributed by atoms with Crippen LogP contribution in [0, 0.1) is 0 Å². The highest BCUT2D eigenvalue weighted by molar-refractivity contribution is 6.31. The third-order valence-corrected chi connectivity index (χ3v) is 5.82. The van der Waals surface area contributed by atoms with Gasteiger partial charge in [0.2, 0.25) is 0 Å². The first-order valence-corrected chi connectivity index (χ1v) is 10.8. The van der Waals surface area contributed by atoms with Crippen LogP contribution in [0.1, 0.15) is 18.1 Å². The van der Waals surface area contributed by atoms with Gasteiger partial charge in [-0.2, -0.15) is 5.10 Å². The number of rotatable bonds is 5. The molecule has 0 bridgehead atoms. The van der Waals surface area contributed by atoms with Gasteiger partial charge in [0.1, 0.15) is 16.9 Å². The molecule has 0 aromatic heterocycles. The second kappa shape index (κ2) is 9.42. The van der Waals surface area contributed by atoms with Gasteiger partial charge in [-0.05, 0) is 54.4 Å². The number of urea groups is 1. The lowest BCUT2D eigenvalue weighted by molar-refractivity contribution is -0.274. The van der Waals surface area contributed by atoms with Crippen molar-refractivity contribution in [3.63, 3.8) is 0 Å². The monoisotopic (exact) mass is 501 g/mol. The van der Waals surface area contributed by atoms with Gasteiger partial charge in [-0.3, -0.25) is 4.79 Å². The number of amides is 2. The molecule has 1 heterocycles. The third kappa shape index (κ3) is 5.14. The molecule has 2 amide bonds. The fraction of sp³-hybridized carbons (Fsp3) is 0.160. The minimum absolute atomic E-state index is 0.0641. The minimum Gasteiger partial charge on any atom is -0.406 e. The number of ketones is 1. The van der Waals surface area contributed by atoms with Crippen LogP contribution in [0.3, 0.4) is 0 Å². The number of carbonyl (C=O) groups excluding carboxylic acids is 2. The van der Waals surface area contributed by atoms with Crippen molar-refractivity contribution in [3.8, 4) is 5.75 Å². The van der Waals surface area contributed by atoms with E-state index in [2.05, 4.69) is 15.2 Å². The fourth-order valence-corrected chi connectivity index (χ4v) is 4.06. The van der Waals surface area contributed by atoms with E-state index in [0.29, 0.717) is 21.9 Å². The summed E-state index contributed by atoms with van der Waals surface area (Å²) in [5.74, 6) is -0.624. The lowest BCUT2D eigenvalue weighted by Crippen LogP contribution is -2.46. The van der Waals surface area contributed by atoms with Crippen LogP contribution in [0.2, 0.25) is 5.02 Å². The largest absolute Gasteiger partial charge is 0.573 e. The van der Waals surface area contributed by atoms with E-state index in [1.54, 1.807) is 48.5 Å². The average Bonchev–Trinajstić information content (AvgIpc) is 3.23. The summed E-state index contributed by atoms with van der Waals surface area (Å²) < 4.78 is 41.0. The number of anilines is 1. The first kappa shape index (κ1) is 24.3. The highest BCUT2D eigenvalue weighted by Crippen LogP contribution is 2.37. The molecule has 0 fully saturated rings. The summed E-state index contributed by atoms with van der Waals surface area (Å²) in [5, 5.41) is 8.74. The molecule has 0 saturated heterocycles. The number of benzene rings is 3. The summed E-state index contributed by atoms with van der Waals surface area (Å²) in [6, 6.07) is 19.9. The van der Waals surface area contributed by atoms with Crippen LogP contribution in [0.25, 0.3) is 0 Å². The zero-order valence-corrected chi connectivity index (χ0v) is 19.1. The summed E-state index contributed by atoms with van der Waals surface area (Å²) in [7, 11) is 0.